The summed E-state index contributed by atoms with van der Waals surface area (Å²) in [4.78, 5) is 15.1. The molecular weight excluding hydrogens is 339 g/mol. The molecule has 0 amide bonds. The third kappa shape index (κ3) is 4.16. The average molecular weight is 357 g/mol. The zero-order valence-corrected chi connectivity index (χ0v) is 13.3. The Hall–Kier alpha value is -2.42. The zero-order chi connectivity index (χ0) is 17.9. The number of hydrogen-bond acceptors (Lipinski definition) is 6. The maximum atomic E-state index is 13.0. The average Bonchev–Trinajstić information content (AvgIpc) is 3.10. The van der Waals surface area contributed by atoms with Crippen LogP contribution in [0.15, 0.2) is 30.5 Å². The van der Waals surface area contributed by atoms with E-state index in [0.29, 0.717) is 44.6 Å². The third-order valence-corrected chi connectivity index (χ3v) is 4.10. The summed E-state index contributed by atoms with van der Waals surface area (Å²) in [5, 5.41) is 3.21. The van der Waals surface area contributed by atoms with Gasteiger partial charge in [-0.2, -0.15) is 13.2 Å². The molecule has 0 aliphatic carbocycles. The van der Waals surface area contributed by atoms with Gasteiger partial charge in [0.15, 0.2) is 0 Å². The molecule has 0 spiro atoms. The van der Waals surface area contributed by atoms with E-state index >= 15 is 0 Å². The van der Waals surface area contributed by atoms with Crippen LogP contribution in [0.5, 0.6) is 5.75 Å². The second kappa shape index (κ2) is 7.22. The van der Waals surface area contributed by atoms with Crippen molar-refractivity contribution in [1.82, 2.24) is 10.5 Å². The first-order valence-corrected chi connectivity index (χ1v) is 7.89. The van der Waals surface area contributed by atoms with Crippen LogP contribution in [0.1, 0.15) is 18.4 Å². The molecule has 2 heterocycles. The van der Waals surface area contributed by atoms with Crippen molar-refractivity contribution < 1.29 is 27.5 Å². The summed E-state index contributed by atoms with van der Waals surface area (Å²) in [6.07, 6.45) is -0.00366. The van der Waals surface area contributed by atoms with Gasteiger partial charge in [0.1, 0.15) is 11.9 Å². The molecule has 1 fully saturated rings. The summed E-state index contributed by atoms with van der Waals surface area (Å²) in [5.74, 6) is 0.181. The Morgan fingerprint density at radius 3 is 2.60 bits per heavy atom. The lowest BCUT2D eigenvalue weighted by atomic mass is 10.1. The number of halogens is 3. The summed E-state index contributed by atoms with van der Waals surface area (Å²) in [5.41, 5.74) is 2.75. The summed E-state index contributed by atoms with van der Waals surface area (Å²) in [6.45, 7) is 1.84. The molecule has 1 aromatic rings. The fraction of sp³-hybridized carbons (Fsp3) is 0.438. The van der Waals surface area contributed by atoms with E-state index in [1.165, 1.54) is 11.1 Å². The third-order valence-electron chi connectivity index (χ3n) is 4.10. The zero-order valence-electron chi connectivity index (χ0n) is 13.3. The molecule has 136 valence electrons. The number of nitrogens with one attached hydrogen (secondary N) is 1. The Balaban J connectivity index is 1.76. The number of hydroxylamine groups is 2. The Labute approximate surface area is 142 Å². The van der Waals surface area contributed by atoms with Gasteiger partial charge in [0.25, 0.3) is 0 Å². The lowest BCUT2D eigenvalue weighted by Crippen LogP contribution is -2.38. The number of ether oxygens (including phenoxy) is 1. The van der Waals surface area contributed by atoms with Crippen LogP contribution in [0.4, 0.5) is 18.9 Å². The number of hydrazine groups is 1. The minimum Gasteiger partial charge on any atom is -0.488 e. The van der Waals surface area contributed by atoms with Crippen molar-refractivity contribution in [2.24, 2.45) is 0 Å². The van der Waals surface area contributed by atoms with Crippen LogP contribution in [0.3, 0.4) is 0 Å². The molecule has 1 aromatic carbocycles. The highest BCUT2D eigenvalue weighted by Gasteiger charge is 2.32. The maximum absolute atomic E-state index is 13.0. The van der Waals surface area contributed by atoms with Crippen molar-refractivity contribution in [2.45, 2.75) is 25.1 Å². The van der Waals surface area contributed by atoms with Crippen LogP contribution in [0.2, 0.25) is 0 Å². The van der Waals surface area contributed by atoms with E-state index < -0.39 is 11.7 Å². The van der Waals surface area contributed by atoms with Crippen LogP contribution in [-0.2, 0) is 15.8 Å². The quantitative estimate of drug-likeness (QED) is 0.817. The van der Waals surface area contributed by atoms with Crippen molar-refractivity contribution in [1.29, 1.82) is 0 Å². The summed E-state index contributed by atoms with van der Waals surface area (Å²) in [7, 11) is 0. The molecule has 0 radical (unpaired) electrons. The monoisotopic (exact) mass is 357 g/mol. The van der Waals surface area contributed by atoms with Gasteiger partial charge in [-0.25, -0.2) is 0 Å². The van der Waals surface area contributed by atoms with Gasteiger partial charge in [-0.1, -0.05) is 0 Å². The lowest BCUT2D eigenvalue weighted by molar-refractivity contribution is -0.181. The molecule has 0 saturated carbocycles. The normalized spacial score (nSPS) is 18.9. The number of rotatable bonds is 5. The van der Waals surface area contributed by atoms with E-state index in [1.807, 2.05) is 6.08 Å². The first kappa shape index (κ1) is 17.4. The van der Waals surface area contributed by atoms with Gasteiger partial charge in [0.05, 0.1) is 17.8 Å². The Kier molecular flexibility index (Phi) is 5.03. The van der Waals surface area contributed by atoms with Crippen molar-refractivity contribution in [3.8, 4) is 5.75 Å². The molecule has 0 atom stereocenters. The number of alkyl halides is 3. The number of nitrogens with zero attached hydrogens (tertiary/aromatic N) is 2. The highest BCUT2D eigenvalue weighted by molar-refractivity contribution is 5.60. The fourth-order valence-corrected chi connectivity index (χ4v) is 2.83. The van der Waals surface area contributed by atoms with Gasteiger partial charge in [-0.3, -0.25) is 9.80 Å². The summed E-state index contributed by atoms with van der Waals surface area (Å²) in [6, 6.07) is 3.48. The van der Waals surface area contributed by atoms with E-state index in [2.05, 4.69) is 5.43 Å². The van der Waals surface area contributed by atoms with Gasteiger partial charge in [-0.15, -0.1) is 5.06 Å². The SMILES string of the molecule is O=CON1CCC(Oc2cc(C(F)(F)F)ccc2N2CC=CN2)CC1. The molecule has 6 nitrogen and oxygen atoms in total. The Bertz CT molecular complexity index is 635. The largest absolute Gasteiger partial charge is 0.488 e. The summed E-state index contributed by atoms with van der Waals surface area (Å²) >= 11 is 0. The highest BCUT2D eigenvalue weighted by atomic mass is 19.4. The molecule has 2 aliphatic heterocycles. The molecule has 9 heteroatoms. The number of piperidine rings is 1. The Morgan fingerprint density at radius 1 is 1.24 bits per heavy atom. The topological polar surface area (TPSA) is 54.0 Å². The van der Waals surface area contributed by atoms with Crippen LogP contribution in [0, 0.1) is 0 Å². The number of hydrogen-bond donors (Lipinski definition) is 1. The predicted molar refractivity (Wildman–Crippen MR) is 83.4 cm³/mol. The molecule has 0 unspecified atom stereocenters. The number of carbonyl (C=O) groups excluding carboxylic acids is 1. The minimum absolute atomic E-state index is 0.181. The highest BCUT2D eigenvalue weighted by Crippen LogP contribution is 2.37. The van der Waals surface area contributed by atoms with Gasteiger partial charge in [0.2, 0.25) is 0 Å². The van der Waals surface area contributed by atoms with Crippen LogP contribution < -0.4 is 15.2 Å². The van der Waals surface area contributed by atoms with Crippen molar-refractivity contribution in [2.75, 3.05) is 24.6 Å². The fourth-order valence-electron chi connectivity index (χ4n) is 2.83. The molecule has 25 heavy (non-hydrogen) atoms. The molecule has 0 aromatic heterocycles. The number of benzene rings is 1. The predicted octanol–water partition coefficient (Wildman–Crippen LogP) is 2.47. The smallest absolute Gasteiger partial charge is 0.416 e. The number of carbonyl (C=O) groups is 1. The van der Waals surface area contributed by atoms with E-state index in [0.717, 1.165) is 12.1 Å². The second-order valence-electron chi connectivity index (χ2n) is 5.77. The maximum Gasteiger partial charge on any atom is 0.416 e. The first-order valence-electron chi connectivity index (χ1n) is 7.89. The molecule has 1 saturated heterocycles. The lowest BCUT2D eigenvalue weighted by Gasteiger charge is -2.31. The van der Waals surface area contributed by atoms with E-state index in [1.54, 1.807) is 11.2 Å². The number of anilines is 1. The molecule has 0 bridgehead atoms. The molecule has 3 rings (SSSR count). The van der Waals surface area contributed by atoms with Gasteiger partial charge >= 0.3 is 12.6 Å². The van der Waals surface area contributed by atoms with Gasteiger partial charge in [0, 0.05) is 32.1 Å². The molecule has 1 N–H and O–H groups in total. The van der Waals surface area contributed by atoms with Gasteiger partial charge in [-0.05, 0) is 24.3 Å². The second-order valence-corrected chi connectivity index (χ2v) is 5.77. The standard InChI is InChI=1S/C16H18F3N3O3/c17-16(18,19)12-2-3-14(22-7-1-6-20-22)15(10-12)25-13-4-8-21(9-5-13)24-11-23/h1-3,6,10-11,13,20H,4-5,7-9H2. The summed E-state index contributed by atoms with van der Waals surface area (Å²) < 4.78 is 45.0. The Morgan fingerprint density at radius 2 is 2.00 bits per heavy atom. The minimum atomic E-state index is -4.44. The van der Waals surface area contributed by atoms with E-state index in [9.17, 15) is 18.0 Å². The first-order chi connectivity index (χ1) is 12.0. The van der Waals surface area contributed by atoms with E-state index in [4.69, 9.17) is 9.57 Å². The van der Waals surface area contributed by atoms with Crippen LogP contribution >= 0.6 is 0 Å². The van der Waals surface area contributed by atoms with Crippen molar-refractivity contribution in [3.63, 3.8) is 0 Å². The molecule has 2 aliphatic rings. The van der Waals surface area contributed by atoms with Crippen LogP contribution in [-0.4, -0.2) is 37.3 Å². The van der Waals surface area contributed by atoms with Crippen LogP contribution in [0.25, 0.3) is 0 Å². The van der Waals surface area contributed by atoms with Crippen molar-refractivity contribution in [3.05, 3.63) is 36.0 Å². The van der Waals surface area contributed by atoms with E-state index in [-0.39, 0.29) is 11.9 Å². The van der Waals surface area contributed by atoms with Crippen molar-refractivity contribution >= 4 is 12.2 Å². The van der Waals surface area contributed by atoms with Gasteiger partial charge < -0.3 is 15.0 Å². The molecular formula is C16H18F3N3O3.